The number of carbonyl (C=O) groups excluding carboxylic acids is 1. The van der Waals surface area contributed by atoms with Crippen LogP contribution in [0, 0.1) is 5.82 Å². The largest absolute Gasteiger partial charge is 0.496 e. The average molecular weight is 427 g/mol. The lowest BCUT2D eigenvalue weighted by atomic mass is 10.1. The van der Waals surface area contributed by atoms with Gasteiger partial charge in [0.1, 0.15) is 28.4 Å². The van der Waals surface area contributed by atoms with Crippen LogP contribution in [-0.2, 0) is 0 Å². The number of hydrogen-bond acceptors (Lipinski definition) is 5. The predicted molar refractivity (Wildman–Crippen MR) is 112 cm³/mol. The lowest BCUT2D eigenvalue weighted by molar-refractivity contribution is 0.102. The third-order valence-electron chi connectivity index (χ3n) is 4.46. The molecule has 0 aliphatic rings. The molecule has 0 saturated carbocycles. The van der Waals surface area contributed by atoms with Crippen LogP contribution in [0.2, 0.25) is 5.02 Å². The van der Waals surface area contributed by atoms with E-state index in [1.807, 2.05) is 0 Å². The maximum Gasteiger partial charge on any atom is 0.263 e. The first kappa shape index (κ1) is 19.7. The number of halogens is 2. The van der Waals surface area contributed by atoms with Gasteiger partial charge in [0.2, 0.25) is 5.89 Å². The molecule has 0 fully saturated rings. The smallest absolute Gasteiger partial charge is 0.263 e. The van der Waals surface area contributed by atoms with Crippen LogP contribution >= 0.6 is 11.6 Å². The van der Waals surface area contributed by atoms with Crippen LogP contribution in [0.5, 0.6) is 11.5 Å². The number of oxazole rings is 1. The van der Waals surface area contributed by atoms with E-state index < -0.39 is 11.7 Å². The second-order valence-electron chi connectivity index (χ2n) is 6.32. The van der Waals surface area contributed by atoms with E-state index in [0.29, 0.717) is 33.8 Å². The predicted octanol–water partition coefficient (Wildman–Crippen LogP) is 5.56. The lowest BCUT2D eigenvalue weighted by Gasteiger charge is -2.12. The zero-order valence-electron chi connectivity index (χ0n) is 16.0. The average Bonchev–Trinajstić information content (AvgIpc) is 3.15. The van der Waals surface area contributed by atoms with Crippen LogP contribution in [0.4, 0.5) is 10.1 Å². The van der Waals surface area contributed by atoms with Crippen molar-refractivity contribution in [2.75, 3.05) is 19.5 Å². The van der Waals surface area contributed by atoms with E-state index in [1.165, 1.54) is 32.4 Å². The highest BCUT2D eigenvalue weighted by atomic mass is 35.5. The van der Waals surface area contributed by atoms with E-state index in [4.69, 9.17) is 25.5 Å². The maximum atomic E-state index is 13.3. The number of nitrogens with zero attached hydrogens (tertiary/aromatic N) is 1. The van der Waals surface area contributed by atoms with Gasteiger partial charge in [-0.2, -0.15) is 0 Å². The Morgan fingerprint density at radius 3 is 2.47 bits per heavy atom. The van der Waals surface area contributed by atoms with Gasteiger partial charge in [-0.15, -0.1) is 0 Å². The van der Waals surface area contributed by atoms with Crippen LogP contribution in [-0.4, -0.2) is 25.1 Å². The maximum absolute atomic E-state index is 13.3. The fourth-order valence-corrected chi connectivity index (χ4v) is 3.30. The van der Waals surface area contributed by atoms with Crippen molar-refractivity contribution in [2.24, 2.45) is 0 Å². The molecule has 0 bridgehead atoms. The van der Waals surface area contributed by atoms with Crippen molar-refractivity contribution < 1.29 is 23.1 Å². The molecule has 1 amide bonds. The molecule has 3 aromatic carbocycles. The molecule has 4 rings (SSSR count). The minimum Gasteiger partial charge on any atom is -0.496 e. The molecule has 0 radical (unpaired) electrons. The summed E-state index contributed by atoms with van der Waals surface area (Å²) in [5.41, 5.74) is 2.26. The number of amides is 1. The molecule has 8 heteroatoms. The van der Waals surface area contributed by atoms with Crippen molar-refractivity contribution in [2.45, 2.75) is 0 Å². The van der Waals surface area contributed by atoms with Gasteiger partial charge in [0.05, 0.1) is 24.8 Å². The Hall–Kier alpha value is -3.58. The highest BCUT2D eigenvalue weighted by Crippen LogP contribution is 2.32. The summed E-state index contributed by atoms with van der Waals surface area (Å²) < 4.78 is 29.6. The number of fused-ring (bicyclic) bond motifs is 1. The van der Waals surface area contributed by atoms with Gasteiger partial charge >= 0.3 is 0 Å². The van der Waals surface area contributed by atoms with Crippen LogP contribution in [0.3, 0.4) is 0 Å². The Bertz CT molecular complexity index is 1230. The molecule has 0 aliphatic heterocycles. The zero-order chi connectivity index (χ0) is 21.3. The van der Waals surface area contributed by atoms with Gasteiger partial charge < -0.3 is 19.2 Å². The zero-order valence-corrected chi connectivity index (χ0v) is 16.8. The topological polar surface area (TPSA) is 73.6 Å². The number of hydrogen-bond donors (Lipinski definition) is 1. The number of methoxy groups -OCH3 is 2. The first-order valence-electron chi connectivity index (χ1n) is 8.88. The third-order valence-corrected chi connectivity index (χ3v) is 4.77. The second kappa shape index (κ2) is 8.04. The van der Waals surface area contributed by atoms with Gasteiger partial charge in [0, 0.05) is 5.69 Å². The number of nitrogens with one attached hydrogen (secondary N) is 1. The standard InChI is InChI=1S/C22H16ClFN2O4/c1-28-18-4-3-5-19(29-2)20(18)21(27)25-13-7-9-17-16(11-13)26-22(30-17)14-8-6-12(24)10-15(14)23/h3-11H,1-2H3,(H,25,27). The first-order chi connectivity index (χ1) is 14.5. The van der Waals surface area contributed by atoms with Crippen molar-refractivity contribution in [3.63, 3.8) is 0 Å². The van der Waals surface area contributed by atoms with Crippen molar-refractivity contribution in [3.05, 3.63) is 71.0 Å². The molecular weight excluding hydrogens is 411 g/mol. The lowest BCUT2D eigenvalue weighted by Crippen LogP contribution is -2.14. The van der Waals surface area contributed by atoms with Crippen LogP contribution in [0.25, 0.3) is 22.6 Å². The summed E-state index contributed by atoms with van der Waals surface area (Å²) in [4.78, 5) is 17.3. The van der Waals surface area contributed by atoms with Crippen molar-refractivity contribution in [1.29, 1.82) is 0 Å². The van der Waals surface area contributed by atoms with Crippen molar-refractivity contribution in [3.8, 4) is 23.0 Å². The van der Waals surface area contributed by atoms with Crippen molar-refractivity contribution in [1.82, 2.24) is 4.98 Å². The van der Waals surface area contributed by atoms with Gasteiger partial charge in [0.25, 0.3) is 5.91 Å². The molecule has 0 unspecified atom stereocenters. The summed E-state index contributed by atoms with van der Waals surface area (Å²) in [6, 6.07) is 14.1. The molecule has 6 nitrogen and oxygen atoms in total. The molecule has 1 N–H and O–H groups in total. The molecule has 1 heterocycles. The van der Waals surface area contributed by atoms with Gasteiger partial charge in [-0.25, -0.2) is 9.37 Å². The van der Waals surface area contributed by atoms with E-state index in [2.05, 4.69) is 10.3 Å². The quantitative estimate of drug-likeness (QED) is 0.452. The number of aromatic nitrogens is 1. The Kier molecular flexibility index (Phi) is 5.29. The van der Waals surface area contributed by atoms with E-state index in [1.54, 1.807) is 36.4 Å². The number of rotatable bonds is 5. The Morgan fingerprint density at radius 2 is 1.80 bits per heavy atom. The van der Waals surface area contributed by atoms with E-state index >= 15 is 0 Å². The SMILES string of the molecule is COc1cccc(OC)c1C(=O)Nc1ccc2oc(-c3ccc(F)cc3Cl)nc2c1. The second-order valence-corrected chi connectivity index (χ2v) is 6.72. The van der Waals surface area contributed by atoms with E-state index in [9.17, 15) is 9.18 Å². The summed E-state index contributed by atoms with van der Waals surface area (Å²) >= 11 is 6.10. The molecule has 0 spiro atoms. The molecule has 152 valence electrons. The van der Waals surface area contributed by atoms with Gasteiger partial charge in [-0.05, 0) is 48.5 Å². The number of carbonyl (C=O) groups is 1. The molecule has 1 aromatic heterocycles. The minimum absolute atomic E-state index is 0.193. The van der Waals surface area contributed by atoms with Gasteiger partial charge in [-0.1, -0.05) is 17.7 Å². The highest BCUT2D eigenvalue weighted by Gasteiger charge is 2.19. The molecule has 0 atom stereocenters. The normalized spacial score (nSPS) is 10.8. The first-order valence-corrected chi connectivity index (χ1v) is 9.26. The van der Waals surface area contributed by atoms with Crippen LogP contribution in [0.15, 0.2) is 59.0 Å². The van der Waals surface area contributed by atoms with E-state index in [0.717, 1.165) is 0 Å². The fraction of sp³-hybridized carbons (Fsp3) is 0.0909. The molecular formula is C22H16ClFN2O4. The number of benzene rings is 3. The summed E-state index contributed by atoms with van der Waals surface area (Å²) in [5.74, 6) is 0.195. The number of ether oxygens (including phenoxy) is 2. The van der Waals surface area contributed by atoms with Gasteiger partial charge in [-0.3, -0.25) is 4.79 Å². The van der Waals surface area contributed by atoms with Crippen LogP contribution < -0.4 is 14.8 Å². The summed E-state index contributed by atoms with van der Waals surface area (Å²) in [7, 11) is 2.96. The van der Waals surface area contributed by atoms with E-state index in [-0.39, 0.29) is 16.5 Å². The highest BCUT2D eigenvalue weighted by molar-refractivity contribution is 6.33. The third kappa shape index (κ3) is 3.67. The Labute approximate surface area is 176 Å². The molecule has 0 saturated heterocycles. The van der Waals surface area contributed by atoms with Crippen LogP contribution in [0.1, 0.15) is 10.4 Å². The Morgan fingerprint density at radius 1 is 1.07 bits per heavy atom. The summed E-state index contributed by atoms with van der Waals surface area (Å²) in [5, 5.41) is 3.00. The molecule has 4 aromatic rings. The van der Waals surface area contributed by atoms with Crippen molar-refractivity contribution >= 4 is 34.3 Å². The van der Waals surface area contributed by atoms with Gasteiger partial charge in [0.15, 0.2) is 5.58 Å². The number of anilines is 1. The summed E-state index contributed by atoms with van der Waals surface area (Å²) in [6.07, 6.45) is 0. The Balaban J connectivity index is 1.66. The molecule has 0 aliphatic carbocycles. The fourth-order valence-electron chi connectivity index (χ4n) is 3.05. The monoisotopic (exact) mass is 426 g/mol. The summed E-state index contributed by atoms with van der Waals surface area (Å²) in [6.45, 7) is 0. The molecule has 30 heavy (non-hydrogen) atoms. The minimum atomic E-state index is -0.448.